The van der Waals surface area contributed by atoms with Gasteiger partial charge in [0, 0.05) is 30.0 Å². The molecule has 0 aliphatic rings. The van der Waals surface area contributed by atoms with Crippen molar-refractivity contribution < 1.29 is 9.90 Å². The molecule has 40 heavy (non-hydrogen) atoms. The molecule has 6 rings (SSSR count). The second-order valence-corrected chi connectivity index (χ2v) is 11.0. The molecule has 0 aliphatic carbocycles. The number of nitrogens with zero attached hydrogens (tertiary/aromatic N) is 4. The summed E-state index contributed by atoms with van der Waals surface area (Å²) in [5.74, 6) is 1.07. The Hall–Kier alpha value is -4.23. The number of hydrogen-bond acceptors (Lipinski definition) is 3. The van der Waals surface area contributed by atoms with E-state index in [1.54, 1.807) is 12.1 Å². The van der Waals surface area contributed by atoms with Crippen molar-refractivity contribution in [3.63, 3.8) is 0 Å². The summed E-state index contributed by atoms with van der Waals surface area (Å²) in [5, 5.41) is 9.61. The standard InChI is InChI=1S/C33H29BrN4O2/c1-3-4-9-31-35-27-16-14-23(32-36-28-19-24(34)15-17-29(28)37(32)2)18-30(27)38(31)20-21-10-12-22(13-11-21)25-7-5-6-8-26(25)33(39)40/h5-8,10-19H,3-4,9,20H2,1-2H3,(H,39,40). The molecule has 0 bridgehead atoms. The maximum atomic E-state index is 11.7. The number of halogens is 1. The predicted molar refractivity (Wildman–Crippen MR) is 164 cm³/mol. The van der Waals surface area contributed by atoms with Gasteiger partial charge in [-0.15, -0.1) is 0 Å². The van der Waals surface area contributed by atoms with Gasteiger partial charge in [0.2, 0.25) is 0 Å². The molecular weight excluding hydrogens is 564 g/mol. The Kier molecular flexibility index (Phi) is 6.98. The van der Waals surface area contributed by atoms with Crippen LogP contribution in [0.25, 0.3) is 44.6 Å². The number of rotatable bonds is 8. The molecule has 6 aromatic rings. The van der Waals surface area contributed by atoms with Gasteiger partial charge in [0.1, 0.15) is 11.6 Å². The molecule has 0 atom stereocenters. The third-order valence-corrected chi connectivity index (χ3v) is 7.94. The van der Waals surface area contributed by atoms with Crippen LogP contribution in [0.5, 0.6) is 0 Å². The van der Waals surface area contributed by atoms with Crippen LogP contribution >= 0.6 is 15.9 Å². The monoisotopic (exact) mass is 592 g/mol. The highest BCUT2D eigenvalue weighted by atomic mass is 79.9. The molecule has 4 aromatic carbocycles. The van der Waals surface area contributed by atoms with Crippen molar-refractivity contribution in [2.24, 2.45) is 7.05 Å². The molecule has 0 fully saturated rings. The van der Waals surface area contributed by atoms with Gasteiger partial charge >= 0.3 is 5.97 Å². The molecule has 0 amide bonds. The van der Waals surface area contributed by atoms with E-state index >= 15 is 0 Å². The van der Waals surface area contributed by atoms with Crippen molar-refractivity contribution in [3.8, 4) is 22.5 Å². The van der Waals surface area contributed by atoms with Crippen molar-refractivity contribution in [2.45, 2.75) is 32.7 Å². The van der Waals surface area contributed by atoms with E-state index in [0.717, 1.165) is 79.7 Å². The van der Waals surface area contributed by atoms with Crippen LogP contribution in [0.15, 0.2) is 89.4 Å². The fourth-order valence-electron chi connectivity index (χ4n) is 5.34. The van der Waals surface area contributed by atoms with Crippen molar-refractivity contribution in [2.75, 3.05) is 0 Å². The summed E-state index contributed by atoms with van der Waals surface area (Å²) in [6, 6.07) is 27.9. The quantitative estimate of drug-likeness (QED) is 0.194. The zero-order valence-electron chi connectivity index (χ0n) is 22.4. The van der Waals surface area contributed by atoms with E-state index in [2.05, 4.69) is 75.4 Å². The summed E-state index contributed by atoms with van der Waals surface area (Å²) in [6.45, 7) is 2.87. The number of unbranched alkanes of at least 4 members (excludes halogenated alkanes) is 1. The van der Waals surface area contributed by atoms with Gasteiger partial charge in [-0.1, -0.05) is 71.7 Å². The van der Waals surface area contributed by atoms with E-state index in [0.29, 0.717) is 12.1 Å². The molecule has 7 heteroatoms. The van der Waals surface area contributed by atoms with Gasteiger partial charge in [-0.2, -0.15) is 0 Å². The fourth-order valence-corrected chi connectivity index (χ4v) is 5.69. The number of aryl methyl sites for hydroxylation is 2. The first-order chi connectivity index (χ1) is 19.4. The first kappa shape index (κ1) is 26.0. The average molecular weight is 594 g/mol. The number of aromatic carboxylic acids is 1. The van der Waals surface area contributed by atoms with Crippen LogP contribution in [0.2, 0.25) is 0 Å². The summed E-state index contributed by atoms with van der Waals surface area (Å²) < 4.78 is 5.46. The Morgan fingerprint density at radius 3 is 2.42 bits per heavy atom. The van der Waals surface area contributed by atoms with Crippen LogP contribution in [0.3, 0.4) is 0 Å². The van der Waals surface area contributed by atoms with Crippen molar-refractivity contribution in [1.29, 1.82) is 0 Å². The Morgan fingerprint density at radius 1 is 0.875 bits per heavy atom. The van der Waals surface area contributed by atoms with Gasteiger partial charge in [-0.05, 0) is 65.6 Å². The number of imidazole rings is 2. The van der Waals surface area contributed by atoms with Crippen molar-refractivity contribution >= 4 is 44.0 Å². The molecule has 0 aliphatic heterocycles. The summed E-state index contributed by atoms with van der Waals surface area (Å²) >= 11 is 3.56. The largest absolute Gasteiger partial charge is 0.478 e. The van der Waals surface area contributed by atoms with Crippen LogP contribution in [0, 0.1) is 0 Å². The molecule has 0 radical (unpaired) electrons. The summed E-state index contributed by atoms with van der Waals surface area (Å²) in [5.41, 5.74) is 8.18. The van der Waals surface area contributed by atoms with E-state index in [1.807, 2.05) is 36.4 Å². The zero-order chi connectivity index (χ0) is 27.8. The van der Waals surface area contributed by atoms with Crippen molar-refractivity contribution in [3.05, 3.63) is 106 Å². The minimum atomic E-state index is -0.922. The van der Waals surface area contributed by atoms with Crippen LogP contribution in [-0.4, -0.2) is 30.2 Å². The SMILES string of the molecule is CCCCc1nc2ccc(-c3nc4cc(Br)ccc4n3C)cc2n1Cc1ccc(-c2ccccc2C(=O)O)cc1. The molecule has 0 spiro atoms. The van der Waals surface area contributed by atoms with Crippen LogP contribution in [0.4, 0.5) is 0 Å². The molecular formula is C33H29BrN4O2. The minimum absolute atomic E-state index is 0.305. The lowest BCUT2D eigenvalue weighted by Gasteiger charge is -2.12. The number of hydrogen-bond donors (Lipinski definition) is 1. The molecule has 0 saturated heterocycles. The predicted octanol–water partition coefficient (Wildman–Crippen LogP) is 8.11. The highest BCUT2D eigenvalue weighted by Gasteiger charge is 2.16. The topological polar surface area (TPSA) is 72.9 Å². The number of carboxylic acid groups (broad SMARTS) is 1. The number of carboxylic acids is 1. The van der Waals surface area contributed by atoms with E-state index in [-0.39, 0.29) is 0 Å². The first-order valence-corrected chi connectivity index (χ1v) is 14.3. The molecule has 1 N–H and O–H groups in total. The fraction of sp³-hybridized carbons (Fsp3) is 0.182. The van der Waals surface area contributed by atoms with Crippen LogP contribution in [-0.2, 0) is 20.0 Å². The molecule has 2 heterocycles. The lowest BCUT2D eigenvalue weighted by molar-refractivity contribution is 0.0697. The zero-order valence-corrected chi connectivity index (χ0v) is 24.0. The molecule has 6 nitrogen and oxygen atoms in total. The third kappa shape index (κ3) is 4.82. The van der Waals surface area contributed by atoms with Gasteiger partial charge < -0.3 is 14.2 Å². The Bertz CT molecular complexity index is 1870. The van der Waals surface area contributed by atoms with E-state index in [4.69, 9.17) is 9.97 Å². The normalized spacial score (nSPS) is 11.5. The third-order valence-electron chi connectivity index (χ3n) is 7.45. The number of aromatic nitrogens is 4. The molecule has 200 valence electrons. The second-order valence-electron chi connectivity index (χ2n) is 10.1. The summed E-state index contributed by atoms with van der Waals surface area (Å²) in [6.07, 6.45) is 3.08. The number of benzene rings is 4. The molecule has 2 aromatic heterocycles. The second kappa shape index (κ2) is 10.7. The first-order valence-electron chi connectivity index (χ1n) is 13.5. The van der Waals surface area contributed by atoms with E-state index < -0.39 is 5.97 Å². The highest BCUT2D eigenvalue weighted by Crippen LogP contribution is 2.30. The van der Waals surface area contributed by atoms with Crippen molar-refractivity contribution in [1.82, 2.24) is 19.1 Å². The summed E-state index contributed by atoms with van der Waals surface area (Å²) in [7, 11) is 2.05. The van der Waals surface area contributed by atoms with E-state index in [9.17, 15) is 9.90 Å². The highest BCUT2D eigenvalue weighted by molar-refractivity contribution is 9.10. The number of carbonyl (C=O) groups is 1. The number of fused-ring (bicyclic) bond motifs is 2. The van der Waals surface area contributed by atoms with Crippen LogP contribution < -0.4 is 0 Å². The average Bonchev–Trinajstić information content (AvgIpc) is 3.48. The van der Waals surface area contributed by atoms with Crippen LogP contribution in [0.1, 0.15) is 41.5 Å². The minimum Gasteiger partial charge on any atom is -0.478 e. The Labute approximate surface area is 241 Å². The van der Waals surface area contributed by atoms with E-state index in [1.165, 1.54) is 0 Å². The van der Waals surface area contributed by atoms with Gasteiger partial charge in [-0.25, -0.2) is 14.8 Å². The Balaban J connectivity index is 1.40. The molecule has 0 saturated carbocycles. The lowest BCUT2D eigenvalue weighted by atomic mass is 9.99. The van der Waals surface area contributed by atoms with Gasteiger partial charge in [0.05, 0.1) is 27.6 Å². The molecule has 0 unspecified atom stereocenters. The van der Waals surface area contributed by atoms with Gasteiger partial charge in [0.25, 0.3) is 0 Å². The maximum Gasteiger partial charge on any atom is 0.336 e. The smallest absolute Gasteiger partial charge is 0.336 e. The Morgan fingerprint density at radius 2 is 1.65 bits per heavy atom. The van der Waals surface area contributed by atoms with Gasteiger partial charge in [0.15, 0.2) is 0 Å². The summed E-state index contributed by atoms with van der Waals surface area (Å²) in [4.78, 5) is 21.7. The lowest BCUT2D eigenvalue weighted by Crippen LogP contribution is -2.06. The maximum absolute atomic E-state index is 11.7. The van der Waals surface area contributed by atoms with Gasteiger partial charge in [-0.3, -0.25) is 0 Å².